The zero-order valence-electron chi connectivity index (χ0n) is 55.5. The van der Waals surface area contributed by atoms with E-state index in [1.54, 1.807) is 0 Å². The summed E-state index contributed by atoms with van der Waals surface area (Å²) in [5, 5.41) is 10.9. The molecule has 17 rings (SSSR count). The maximum absolute atomic E-state index is 2.84. The van der Waals surface area contributed by atoms with Crippen molar-refractivity contribution in [1.82, 2.24) is 13.5 Å². The van der Waals surface area contributed by atoms with Crippen molar-refractivity contribution in [2.45, 2.75) is 189 Å². The van der Waals surface area contributed by atoms with Crippen molar-refractivity contribution in [3.63, 3.8) is 0 Å². The van der Waals surface area contributed by atoms with Gasteiger partial charge in [0.2, 0.25) is 0 Å². The summed E-state index contributed by atoms with van der Waals surface area (Å²) in [7, 11) is 0. The molecule has 3 aliphatic heterocycles. The fourth-order valence-electron chi connectivity index (χ4n) is 17.1. The Bertz CT molecular complexity index is 5290. The molecule has 0 amide bonds. The highest BCUT2D eigenvalue weighted by Crippen LogP contribution is 2.63. The van der Waals surface area contributed by atoms with Crippen molar-refractivity contribution < 1.29 is 0 Å². The van der Waals surface area contributed by atoms with E-state index >= 15 is 0 Å². The standard InChI is InChI=1S/C83H84BN3/c1-76(2,3)43-25-30-64-53(32-43)54-33-47(80(13,14)15)36-57-68-67(85(64)71(54)57)42-63-75-69(68)52-28-24-46(79(10,11)12)41-66(52)86(75)65-31-29-58-74-70(65)84(63)62-40-49(82(19,20)21)35-56-55-34-48(81(16,17)18)39-61(72(55)87(74)73(56)62)83(58)59-37-44(77(4,5)6)22-26-50(59)51-27-23-45(38-60(51)83)78(7,8)9/h22-42H,1-21H3. The largest absolute Gasteiger partial charge is 0.310 e. The van der Waals surface area contributed by atoms with Crippen LogP contribution in [0.1, 0.15) is 207 Å². The third-order valence-electron chi connectivity index (χ3n) is 22.0. The first-order valence-electron chi connectivity index (χ1n) is 32.5. The van der Waals surface area contributed by atoms with Crippen molar-refractivity contribution in [3.8, 4) is 22.5 Å². The Kier molecular flexibility index (Phi) is 9.76. The summed E-state index contributed by atoms with van der Waals surface area (Å²) in [5.41, 5.74) is 33.0. The molecule has 0 atom stereocenters. The quantitative estimate of drug-likeness (QED) is 0.134. The highest BCUT2D eigenvalue weighted by molar-refractivity contribution is 7.00. The average Bonchev–Trinajstić information content (AvgIpc) is 1.53. The number of aromatic nitrogens is 3. The van der Waals surface area contributed by atoms with Gasteiger partial charge in [-0.3, -0.25) is 0 Å². The molecule has 0 saturated heterocycles. The molecule has 0 saturated carbocycles. The Morgan fingerprint density at radius 2 is 0.759 bits per heavy atom. The molecule has 3 nitrogen and oxygen atoms in total. The van der Waals surface area contributed by atoms with Crippen LogP contribution in [0.5, 0.6) is 0 Å². The molecular formula is C83H84BN3. The first-order chi connectivity index (χ1) is 40.6. The minimum absolute atomic E-state index is 0.00214. The molecule has 7 heterocycles. The van der Waals surface area contributed by atoms with Crippen LogP contribution >= 0.6 is 0 Å². The van der Waals surface area contributed by atoms with Crippen LogP contribution < -0.4 is 16.4 Å². The van der Waals surface area contributed by atoms with Crippen LogP contribution in [0.3, 0.4) is 0 Å². The normalized spacial score (nSPS) is 15.5. The molecule has 4 aliphatic rings. The van der Waals surface area contributed by atoms with Crippen LogP contribution in [0.15, 0.2) is 127 Å². The first kappa shape index (κ1) is 53.7. The molecule has 434 valence electrons. The molecule has 4 heteroatoms. The first-order valence-corrected chi connectivity index (χ1v) is 32.5. The zero-order chi connectivity index (χ0) is 61.2. The van der Waals surface area contributed by atoms with E-state index < -0.39 is 5.41 Å². The lowest BCUT2D eigenvalue weighted by Gasteiger charge is -2.45. The molecular weight excluding hydrogens is 1050 g/mol. The van der Waals surface area contributed by atoms with E-state index in [1.807, 2.05) is 0 Å². The SMILES string of the molecule is CC(C)(C)c1ccc2c(c1)C1(c3cc(C(C)(C)C)ccc3-2)c2ccc3c4c2-n2c5c(cc(C(C)(C)C)cc5c5cc(C(C)(C)C)cc1c52)B4c1cc2c(c4cc(C(C)(C)C)cc5c6cc(C(C)(C)C)ccc6n2c54)c2c4ccc(C(C)(C)C)cc4n-3c12. The third-order valence-corrected chi connectivity index (χ3v) is 22.0. The Labute approximate surface area is 515 Å². The van der Waals surface area contributed by atoms with Gasteiger partial charge in [0.1, 0.15) is 0 Å². The fourth-order valence-corrected chi connectivity index (χ4v) is 17.1. The highest BCUT2D eigenvalue weighted by atomic mass is 15.1. The molecule has 87 heavy (non-hydrogen) atoms. The predicted molar refractivity (Wildman–Crippen MR) is 376 cm³/mol. The summed E-state index contributed by atoms with van der Waals surface area (Å²) in [6.07, 6.45) is 0. The lowest BCUT2D eigenvalue weighted by Crippen LogP contribution is -2.60. The van der Waals surface area contributed by atoms with E-state index in [9.17, 15) is 0 Å². The van der Waals surface area contributed by atoms with E-state index in [0.29, 0.717) is 0 Å². The van der Waals surface area contributed by atoms with Crippen molar-refractivity contribution in [1.29, 1.82) is 0 Å². The maximum Gasteiger partial charge on any atom is 0.252 e. The van der Waals surface area contributed by atoms with E-state index in [1.165, 1.54) is 182 Å². The number of fused-ring (bicyclic) bond motifs is 21. The summed E-state index contributed by atoms with van der Waals surface area (Å²) < 4.78 is 8.32. The Balaban J connectivity index is 1.14. The van der Waals surface area contributed by atoms with E-state index in [2.05, 4.69) is 286 Å². The average molecular weight is 1130 g/mol. The van der Waals surface area contributed by atoms with Crippen LogP contribution in [0.4, 0.5) is 0 Å². The monoisotopic (exact) mass is 1130 g/mol. The van der Waals surface area contributed by atoms with Crippen LogP contribution in [0.2, 0.25) is 0 Å². The molecule has 1 aliphatic carbocycles. The Morgan fingerprint density at radius 3 is 1.34 bits per heavy atom. The number of rotatable bonds is 0. The van der Waals surface area contributed by atoms with Gasteiger partial charge in [-0.15, -0.1) is 0 Å². The number of hydrogen-bond acceptors (Lipinski definition) is 0. The summed E-state index contributed by atoms with van der Waals surface area (Å²) in [6.45, 7) is 50.3. The third kappa shape index (κ3) is 6.61. The predicted octanol–water partition coefficient (Wildman–Crippen LogP) is 19.9. The number of nitrogens with zero attached hydrogens (tertiary/aromatic N) is 3. The van der Waals surface area contributed by atoms with Crippen molar-refractivity contribution in [2.24, 2.45) is 0 Å². The Morgan fingerprint density at radius 1 is 0.299 bits per heavy atom. The summed E-state index contributed by atoms with van der Waals surface area (Å²) in [5.74, 6) is 0. The molecule has 0 N–H and O–H groups in total. The molecule has 1 spiro atoms. The van der Waals surface area contributed by atoms with E-state index in [4.69, 9.17) is 0 Å². The molecule has 4 aromatic heterocycles. The summed E-state index contributed by atoms with van der Waals surface area (Å²) in [6, 6.07) is 53.8. The maximum atomic E-state index is 2.84. The van der Waals surface area contributed by atoms with Gasteiger partial charge in [-0.05, 0) is 181 Å². The summed E-state index contributed by atoms with van der Waals surface area (Å²) in [4.78, 5) is 0. The highest BCUT2D eigenvalue weighted by Gasteiger charge is 2.55. The summed E-state index contributed by atoms with van der Waals surface area (Å²) >= 11 is 0. The Hall–Kier alpha value is -7.56. The van der Waals surface area contributed by atoms with Crippen LogP contribution in [-0.4, -0.2) is 20.2 Å². The number of hydrogen-bond donors (Lipinski definition) is 0. The fraction of sp³-hybridized carbons (Fsp3) is 0.349. The van der Waals surface area contributed by atoms with Gasteiger partial charge >= 0.3 is 0 Å². The second-order valence-electron chi connectivity index (χ2n) is 34.7. The molecule has 0 fully saturated rings. The van der Waals surface area contributed by atoms with Crippen molar-refractivity contribution >= 4 is 105 Å². The van der Waals surface area contributed by atoms with Gasteiger partial charge in [-0.1, -0.05) is 218 Å². The van der Waals surface area contributed by atoms with Gasteiger partial charge in [-0.2, -0.15) is 0 Å². The second-order valence-corrected chi connectivity index (χ2v) is 34.7. The van der Waals surface area contributed by atoms with Crippen LogP contribution in [0.25, 0.3) is 104 Å². The van der Waals surface area contributed by atoms with Gasteiger partial charge in [0.25, 0.3) is 6.71 Å². The molecule has 13 aromatic rings. The lowest BCUT2D eigenvalue weighted by atomic mass is 9.33. The van der Waals surface area contributed by atoms with Gasteiger partial charge in [0.15, 0.2) is 0 Å². The smallest absolute Gasteiger partial charge is 0.252 e. The van der Waals surface area contributed by atoms with Crippen molar-refractivity contribution in [2.75, 3.05) is 0 Å². The lowest BCUT2D eigenvalue weighted by molar-refractivity contribution is 0.583. The van der Waals surface area contributed by atoms with Crippen LogP contribution in [0, 0.1) is 0 Å². The van der Waals surface area contributed by atoms with Gasteiger partial charge in [0, 0.05) is 60.0 Å². The molecule has 0 radical (unpaired) electrons. The molecule has 9 aromatic carbocycles. The van der Waals surface area contributed by atoms with E-state index in [-0.39, 0.29) is 44.6 Å². The topological polar surface area (TPSA) is 14.3 Å². The van der Waals surface area contributed by atoms with E-state index in [0.717, 1.165) is 0 Å². The molecule has 0 unspecified atom stereocenters. The number of benzene rings is 9. The van der Waals surface area contributed by atoms with Crippen molar-refractivity contribution in [3.05, 3.63) is 189 Å². The van der Waals surface area contributed by atoms with Crippen LogP contribution in [-0.2, 0) is 43.3 Å². The second kappa shape index (κ2) is 15.8. The minimum atomic E-state index is -0.643. The molecule has 0 bridgehead atoms. The zero-order valence-corrected chi connectivity index (χ0v) is 55.5. The van der Waals surface area contributed by atoms with Gasteiger partial charge in [-0.25, -0.2) is 0 Å². The minimum Gasteiger partial charge on any atom is -0.310 e. The van der Waals surface area contributed by atoms with Gasteiger partial charge in [0.05, 0.1) is 38.5 Å². The van der Waals surface area contributed by atoms with Gasteiger partial charge < -0.3 is 13.5 Å².